The molecule has 0 saturated heterocycles. The average molecular weight is 252 g/mol. The Bertz CT molecular complexity index is 388. The van der Waals surface area contributed by atoms with Crippen molar-refractivity contribution < 1.29 is 5.11 Å². The Balaban J connectivity index is 3.22. The molecule has 1 unspecified atom stereocenters. The van der Waals surface area contributed by atoms with Gasteiger partial charge in [-0.3, -0.25) is 4.68 Å². The minimum Gasteiger partial charge on any atom is -0.504 e. The first-order valence-electron chi connectivity index (χ1n) is 7.13. The van der Waals surface area contributed by atoms with E-state index in [2.05, 4.69) is 46.6 Å². The number of hydrogen-bond acceptors (Lipinski definition) is 2. The maximum atomic E-state index is 10.5. The summed E-state index contributed by atoms with van der Waals surface area (Å²) in [5, 5.41) is 15.1. The molecule has 1 N–H and O–H groups in total. The van der Waals surface area contributed by atoms with Gasteiger partial charge in [-0.2, -0.15) is 5.10 Å². The van der Waals surface area contributed by atoms with Crippen LogP contribution in [0.2, 0.25) is 0 Å². The van der Waals surface area contributed by atoms with Gasteiger partial charge in [-0.1, -0.05) is 48.0 Å². The summed E-state index contributed by atoms with van der Waals surface area (Å²) < 4.78 is 2.02. The van der Waals surface area contributed by atoms with E-state index in [9.17, 15) is 5.11 Å². The molecule has 1 aromatic heterocycles. The fraction of sp³-hybridized carbons (Fsp3) is 0.800. The minimum atomic E-state index is -0.107. The van der Waals surface area contributed by atoms with Crippen LogP contribution in [0.4, 0.5) is 0 Å². The van der Waals surface area contributed by atoms with Crippen molar-refractivity contribution in [2.24, 2.45) is 0 Å². The molecule has 0 aliphatic carbocycles. The van der Waals surface area contributed by atoms with Crippen LogP contribution in [0.3, 0.4) is 0 Å². The van der Waals surface area contributed by atoms with Crippen LogP contribution in [0.25, 0.3) is 0 Å². The lowest BCUT2D eigenvalue weighted by atomic mass is 9.90. The van der Waals surface area contributed by atoms with E-state index in [0.717, 1.165) is 37.2 Å². The number of aromatic hydroxyl groups is 1. The molecule has 1 heterocycles. The second-order valence-corrected chi connectivity index (χ2v) is 6.22. The molecule has 0 radical (unpaired) electrons. The van der Waals surface area contributed by atoms with Crippen molar-refractivity contribution in [2.75, 3.05) is 0 Å². The summed E-state index contributed by atoms with van der Waals surface area (Å²) in [5.74, 6) is 0.762. The Morgan fingerprint density at radius 3 is 2.33 bits per heavy atom. The van der Waals surface area contributed by atoms with Crippen LogP contribution in [0.1, 0.15) is 78.1 Å². The molecule has 0 spiro atoms. The summed E-state index contributed by atoms with van der Waals surface area (Å²) in [6.45, 7) is 13.7. The van der Waals surface area contributed by atoms with E-state index < -0.39 is 0 Å². The molecule has 18 heavy (non-hydrogen) atoms. The lowest BCUT2D eigenvalue weighted by molar-refractivity contribution is 0.433. The van der Waals surface area contributed by atoms with Gasteiger partial charge in [0.1, 0.15) is 5.69 Å². The fourth-order valence-corrected chi connectivity index (χ4v) is 2.13. The average Bonchev–Trinajstić information content (AvgIpc) is 2.62. The third-order valence-corrected chi connectivity index (χ3v) is 3.48. The zero-order valence-corrected chi connectivity index (χ0v) is 12.7. The van der Waals surface area contributed by atoms with Gasteiger partial charge in [-0.05, 0) is 12.8 Å². The zero-order valence-electron chi connectivity index (χ0n) is 12.7. The van der Waals surface area contributed by atoms with Gasteiger partial charge < -0.3 is 5.11 Å². The van der Waals surface area contributed by atoms with Crippen LogP contribution < -0.4 is 0 Å². The monoisotopic (exact) mass is 252 g/mol. The van der Waals surface area contributed by atoms with Crippen LogP contribution in [0.5, 0.6) is 5.75 Å². The zero-order chi connectivity index (χ0) is 13.9. The van der Waals surface area contributed by atoms with Gasteiger partial charge in [0.25, 0.3) is 0 Å². The Kier molecular flexibility index (Phi) is 4.83. The predicted molar refractivity (Wildman–Crippen MR) is 76.2 cm³/mol. The molecule has 0 bridgehead atoms. The topological polar surface area (TPSA) is 38.0 Å². The Hall–Kier alpha value is -0.990. The highest BCUT2D eigenvalue weighted by atomic mass is 16.3. The largest absolute Gasteiger partial charge is 0.504 e. The molecule has 1 aromatic rings. The van der Waals surface area contributed by atoms with Crippen molar-refractivity contribution in [3.63, 3.8) is 0 Å². The molecule has 3 heteroatoms. The maximum absolute atomic E-state index is 10.5. The Labute approximate surface area is 111 Å². The summed E-state index contributed by atoms with van der Waals surface area (Å²) in [6, 6.07) is 0. The third kappa shape index (κ3) is 3.06. The van der Waals surface area contributed by atoms with Gasteiger partial charge in [-0.25, -0.2) is 0 Å². The molecule has 0 aliphatic rings. The van der Waals surface area contributed by atoms with E-state index in [4.69, 9.17) is 0 Å². The smallest absolute Gasteiger partial charge is 0.160 e. The predicted octanol–water partition coefficient (Wildman–Crippen LogP) is 4.20. The van der Waals surface area contributed by atoms with Gasteiger partial charge in [0.15, 0.2) is 5.75 Å². The standard InChI is InChI=1S/C15H28N2O/c1-7-9-10-17-12(11(3)8-2)13(18)14(16-17)15(4,5)6/h11,18H,7-10H2,1-6H3. The number of rotatable bonds is 5. The first kappa shape index (κ1) is 15.1. The van der Waals surface area contributed by atoms with Crippen molar-refractivity contribution >= 4 is 0 Å². The Morgan fingerprint density at radius 1 is 1.28 bits per heavy atom. The molecule has 1 atom stereocenters. The normalized spacial score (nSPS) is 13.9. The van der Waals surface area contributed by atoms with E-state index in [0.29, 0.717) is 11.7 Å². The van der Waals surface area contributed by atoms with Crippen molar-refractivity contribution in [1.29, 1.82) is 0 Å². The number of aromatic nitrogens is 2. The van der Waals surface area contributed by atoms with Crippen molar-refractivity contribution in [3.8, 4) is 5.75 Å². The molecular weight excluding hydrogens is 224 g/mol. The lowest BCUT2D eigenvalue weighted by Gasteiger charge is -2.15. The number of unbranched alkanes of at least 4 members (excludes halogenated alkanes) is 1. The van der Waals surface area contributed by atoms with Gasteiger partial charge in [0.2, 0.25) is 0 Å². The lowest BCUT2D eigenvalue weighted by Crippen LogP contribution is -2.13. The minimum absolute atomic E-state index is 0.107. The van der Waals surface area contributed by atoms with Crippen LogP contribution in [0, 0.1) is 0 Å². The molecule has 0 aliphatic heterocycles. The van der Waals surface area contributed by atoms with Crippen molar-refractivity contribution in [3.05, 3.63) is 11.4 Å². The maximum Gasteiger partial charge on any atom is 0.160 e. The summed E-state index contributed by atoms with van der Waals surface area (Å²) >= 11 is 0. The highest BCUT2D eigenvalue weighted by Crippen LogP contribution is 2.37. The quantitative estimate of drug-likeness (QED) is 0.853. The second-order valence-electron chi connectivity index (χ2n) is 6.22. The SMILES string of the molecule is CCCCn1nc(C(C)(C)C)c(O)c1C(C)CC. The molecule has 1 rings (SSSR count). The highest BCUT2D eigenvalue weighted by molar-refractivity contribution is 5.38. The molecule has 104 valence electrons. The fourth-order valence-electron chi connectivity index (χ4n) is 2.13. The number of aryl methyl sites for hydroxylation is 1. The summed E-state index contributed by atoms with van der Waals surface area (Å²) in [6.07, 6.45) is 3.27. The molecule has 0 fully saturated rings. The first-order valence-corrected chi connectivity index (χ1v) is 7.13. The van der Waals surface area contributed by atoms with Crippen LogP contribution in [0.15, 0.2) is 0 Å². The molecule has 3 nitrogen and oxygen atoms in total. The van der Waals surface area contributed by atoms with Crippen LogP contribution in [-0.2, 0) is 12.0 Å². The highest BCUT2D eigenvalue weighted by Gasteiger charge is 2.28. The summed E-state index contributed by atoms with van der Waals surface area (Å²) in [4.78, 5) is 0. The van der Waals surface area contributed by atoms with Gasteiger partial charge in [-0.15, -0.1) is 0 Å². The van der Waals surface area contributed by atoms with Gasteiger partial charge in [0.05, 0.1) is 5.69 Å². The Morgan fingerprint density at radius 2 is 1.89 bits per heavy atom. The van der Waals surface area contributed by atoms with Crippen LogP contribution in [-0.4, -0.2) is 14.9 Å². The first-order chi connectivity index (χ1) is 8.32. The van der Waals surface area contributed by atoms with Crippen molar-refractivity contribution in [2.45, 2.75) is 78.7 Å². The van der Waals surface area contributed by atoms with Gasteiger partial charge in [0, 0.05) is 17.9 Å². The van der Waals surface area contributed by atoms with Crippen molar-refractivity contribution in [1.82, 2.24) is 9.78 Å². The number of nitrogens with zero attached hydrogens (tertiary/aromatic N) is 2. The third-order valence-electron chi connectivity index (χ3n) is 3.48. The van der Waals surface area contributed by atoms with E-state index in [-0.39, 0.29) is 5.41 Å². The second kappa shape index (κ2) is 5.77. The molecule has 0 aromatic carbocycles. The summed E-state index contributed by atoms with van der Waals surface area (Å²) in [5.41, 5.74) is 1.73. The molecule has 0 saturated carbocycles. The summed E-state index contributed by atoms with van der Waals surface area (Å²) in [7, 11) is 0. The van der Waals surface area contributed by atoms with E-state index in [1.54, 1.807) is 0 Å². The molecule has 0 amide bonds. The van der Waals surface area contributed by atoms with E-state index in [1.807, 2.05) is 4.68 Å². The van der Waals surface area contributed by atoms with E-state index in [1.165, 1.54) is 0 Å². The van der Waals surface area contributed by atoms with Crippen LogP contribution >= 0.6 is 0 Å². The molecular formula is C15H28N2O. The van der Waals surface area contributed by atoms with E-state index >= 15 is 0 Å². The van der Waals surface area contributed by atoms with Gasteiger partial charge >= 0.3 is 0 Å². The number of hydrogen-bond donors (Lipinski definition) is 1.